The van der Waals surface area contributed by atoms with Gasteiger partial charge in [0.15, 0.2) is 0 Å². The van der Waals surface area contributed by atoms with Gasteiger partial charge in [-0.15, -0.1) is 0 Å². The SMILES string of the molecule is CNC[C@@H]1OCCc2ccc(Cl)cc21. The van der Waals surface area contributed by atoms with Crippen LogP contribution >= 0.6 is 11.6 Å². The predicted octanol–water partition coefficient (Wildman–Crippen LogP) is 2.17. The zero-order chi connectivity index (χ0) is 9.97. The smallest absolute Gasteiger partial charge is 0.0952 e. The summed E-state index contributed by atoms with van der Waals surface area (Å²) < 4.78 is 5.68. The topological polar surface area (TPSA) is 21.3 Å². The Balaban J connectivity index is 2.32. The van der Waals surface area contributed by atoms with Crippen LogP contribution in [0.3, 0.4) is 0 Å². The van der Waals surface area contributed by atoms with Gasteiger partial charge in [-0.25, -0.2) is 0 Å². The minimum absolute atomic E-state index is 0.155. The maximum Gasteiger partial charge on any atom is 0.0952 e. The molecule has 14 heavy (non-hydrogen) atoms. The monoisotopic (exact) mass is 211 g/mol. The fourth-order valence-corrected chi connectivity index (χ4v) is 2.03. The van der Waals surface area contributed by atoms with Gasteiger partial charge in [0.2, 0.25) is 0 Å². The van der Waals surface area contributed by atoms with Crippen LogP contribution in [0.15, 0.2) is 18.2 Å². The Bertz CT molecular complexity index is 327. The van der Waals surface area contributed by atoms with Crippen LogP contribution in [-0.2, 0) is 11.2 Å². The van der Waals surface area contributed by atoms with Gasteiger partial charge in [0.25, 0.3) is 0 Å². The van der Waals surface area contributed by atoms with Crippen LogP contribution in [0.2, 0.25) is 5.02 Å². The number of hydrogen-bond acceptors (Lipinski definition) is 2. The highest BCUT2D eigenvalue weighted by Gasteiger charge is 2.19. The molecule has 0 fully saturated rings. The number of halogens is 1. The lowest BCUT2D eigenvalue weighted by Gasteiger charge is -2.26. The van der Waals surface area contributed by atoms with Crippen molar-refractivity contribution in [1.29, 1.82) is 0 Å². The Labute approximate surface area is 89.2 Å². The number of nitrogens with one attached hydrogen (secondary N) is 1. The molecule has 0 aliphatic carbocycles. The summed E-state index contributed by atoms with van der Waals surface area (Å²) in [5, 5.41) is 3.92. The van der Waals surface area contributed by atoms with Crippen molar-refractivity contribution >= 4 is 11.6 Å². The van der Waals surface area contributed by atoms with Gasteiger partial charge in [0, 0.05) is 11.6 Å². The normalized spacial score (nSPS) is 20.6. The Morgan fingerprint density at radius 1 is 1.57 bits per heavy atom. The molecule has 0 bridgehead atoms. The van der Waals surface area contributed by atoms with E-state index in [0.29, 0.717) is 0 Å². The molecular formula is C11H14ClNO. The number of benzene rings is 1. The zero-order valence-electron chi connectivity index (χ0n) is 8.22. The molecule has 1 aromatic rings. The third-order valence-electron chi connectivity index (χ3n) is 2.53. The average molecular weight is 212 g/mol. The predicted molar refractivity (Wildman–Crippen MR) is 57.8 cm³/mol. The lowest BCUT2D eigenvalue weighted by atomic mass is 9.97. The number of rotatable bonds is 2. The van der Waals surface area contributed by atoms with Crippen molar-refractivity contribution in [2.24, 2.45) is 0 Å². The third-order valence-corrected chi connectivity index (χ3v) is 2.77. The molecule has 0 unspecified atom stereocenters. The quantitative estimate of drug-likeness (QED) is 0.810. The minimum Gasteiger partial charge on any atom is -0.372 e. The van der Waals surface area contributed by atoms with E-state index < -0.39 is 0 Å². The van der Waals surface area contributed by atoms with Gasteiger partial charge in [0.1, 0.15) is 0 Å². The van der Waals surface area contributed by atoms with Crippen LogP contribution in [0.5, 0.6) is 0 Å². The summed E-state index contributed by atoms with van der Waals surface area (Å²) in [6.45, 7) is 1.65. The minimum atomic E-state index is 0.155. The second-order valence-electron chi connectivity index (χ2n) is 3.51. The van der Waals surface area contributed by atoms with E-state index in [4.69, 9.17) is 16.3 Å². The summed E-state index contributed by atoms with van der Waals surface area (Å²) in [7, 11) is 1.93. The lowest BCUT2D eigenvalue weighted by Crippen LogP contribution is -2.25. The van der Waals surface area contributed by atoms with Crippen molar-refractivity contribution in [3.8, 4) is 0 Å². The lowest BCUT2D eigenvalue weighted by molar-refractivity contribution is 0.0438. The van der Waals surface area contributed by atoms with Gasteiger partial charge in [0.05, 0.1) is 12.7 Å². The fourth-order valence-electron chi connectivity index (χ4n) is 1.85. The molecular weight excluding hydrogens is 198 g/mol. The zero-order valence-corrected chi connectivity index (χ0v) is 8.97. The highest BCUT2D eigenvalue weighted by atomic mass is 35.5. The molecule has 1 atom stereocenters. The van der Waals surface area contributed by atoms with E-state index in [0.717, 1.165) is 24.6 Å². The molecule has 1 heterocycles. The summed E-state index contributed by atoms with van der Waals surface area (Å²) in [5.74, 6) is 0. The van der Waals surface area contributed by atoms with Crippen LogP contribution in [0.4, 0.5) is 0 Å². The maximum absolute atomic E-state index is 5.97. The first-order valence-corrected chi connectivity index (χ1v) is 5.23. The summed E-state index contributed by atoms with van der Waals surface area (Å²) in [6, 6.07) is 6.06. The van der Waals surface area contributed by atoms with Gasteiger partial charge in [-0.3, -0.25) is 0 Å². The van der Waals surface area contributed by atoms with Crippen molar-refractivity contribution in [2.45, 2.75) is 12.5 Å². The van der Waals surface area contributed by atoms with Crippen molar-refractivity contribution in [3.63, 3.8) is 0 Å². The highest BCUT2D eigenvalue weighted by Crippen LogP contribution is 2.28. The van der Waals surface area contributed by atoms with Crippen molar-refractivity contribution in [2.75, 3.05) is 20.2 Å². The van der Waals surface area contributed by atoms with Gasteiger partial charge in [-0.2, -0.15) is 0 Å². The van der Waals surface area contributed by atoms with Crippen LogP contribution in [-0.4, -0.2) is 20.2 Å². The molecule has 1 aromatic carbocycles. The first kappa shape index (κ1) is 9.97. The molecule has 0 saturated carbocycles. The largest absolute Gasteiger partial charge is 0.372 e. The third kappa shape index (κ3) is 1.92. The average Bonchev–Trinajstić information content (AvgIpc) is 2.19. The van der Waals surface area contributed by atoms with Gasteiger partial charge < -0.3 is 10.1 Å². The molecule has 0 saturated heterocycles. The highest BCUT2D eigenvalue weighted by molar-refractivity contribution is 6.30. The fraction of sp³-hybridized carbons (Fsp3) is 0.455. The number of likely N-dealkylation sites (N-methyl/N-ethyl adjacent to an activating group) is 1. The summed E-state index contributed by atoms with van der Waals surface area (Å²) >= 11 is 5.97. The van der Waals surface area contributed by atoms with Crippen molar-refractivity contribution < 1.29 is 4.74 Å². The second-order valence-corrected chi connectivity index (χ2v) is 3.95. The van der Waals surface area contributed by atoms with Gasteiger partial charge in [-0.1, -0.05) is 17.7 Å². The Kier molecular flexibility index (Phi) is 3.06. The van der Waals surface area contributed by atoms with E-state index in [2.05, 4.69) is 11.4 Å². The summed E-state index contributed by atoms with van der Waals surface area (Å²) in [4.78, 5) is 0. The van der Waals surface area contributed by atoms with Crippen LogP contribution in [0, 0.1) is 0 Å². The molecule has 76 valence electrons. The van der Waals surface area contributed by atoms with E-state index >= 15 is 0 Å². The molecule has 1 aliphatic rings. The van der Waals surface area contributed by atoms with Crippen molar-refractivity contribution in [1.82, 2.24) is 5.32 Å². The van der Waals surface area contributed by atoms with E-state index in [-0.39, 0.29) is 6.10 Å². The van der Waals surface area contributed by atoms with E-state index in [1.54, 1.807) is 0 Å². The standard InChI is InChI=1S/C11H14ClNO/c1-13-7-11-10-6-9(12)3-2-8(10)4-5-14-11/h2-3,6,11,13H,4-5,7H2,1H3/t11-/m0/s1. The van der Waals surface area contributed by atoms with Crippen LogP contribution in [0.1, 0.15) is 17.2 Å². The Morgan fingerprint density at radius 2 is 2.43 bits per heavy atom. The van der Waals surface area contributed by atoms with E-state index in [1.165, 1.54) is 11.1 Å². The molecule has 0 spiro atoms. The van der Waals surface area contributed by atoms with E-state index in [1.807, 2.05) is 19.2 Å². The second kappa shape index (κ2) is 4.30. The van der Waals surface area contributed by atoms with Crippen LogP contribution in [0.25, 0.3) is 0 Å². The van der Waals surface area contributed by atoms with Crippen molar-refractivity contribution in [3.05, 3.63) is 34.3 Å². The van der Waals surface area contributed by atoms with Crippen LogP contribution < -0.4 is 5.32 Å². The molecule has 3 heteroatoms. The van der Waals surface area contributed by atoms with Gasteiger partial charge >= 0.3 is 0 Å². The molecule has 2 nitrogen and oxygen atoms in total. The summed E-state index contributed by atoms with van der Waals surface area (Å²) in [6.07, 6.45) is 1.15. The summed E-state index contributed by atoms with van der Waals surface area (Å²) in [5.41, 5.74) is 2.60. The number of fused-ring (bicyclic) bond motifs is 1. The molecule has 1 aliphatic heterocycles. The number of hydrogen-bond donors (Lipinski definition) is 1. The van der Waals surface area contributed by atoms with E-state index in [9.17, 15) is 0 Å². The van der Waals surface area contributed by atoms with Gasteiger partial charge in [-0.05, 0) is 36.7 Å². The molecule has 1 N–H and O–H groups in total. The number of ether oxygens (including phenoxy) is 1. The maximum atomic E-state index is 5.97. The molecule has 0 amide bonds. The first-order chi connectivity index (χ1) is 6.81. The molecule has 0 radical (unpaired) electrons. The Morgan fingerprint density at radius 3 is 3.21 bits per heavy atom. The first-order valence-electron chi connectivity index (χ1n) is 4.86. The molecule has 2 rings (SSSR count). The molecule has 0 aromatic heterocycles. The Hall–Kier alpha value is -0.570.